The first kappa shape index (κ1) is 22.3. The summed E-state index contributed by atoms with van der Waals surface area (Å²) in [5.74, 6) is 1.18. The molecule has 2 aromatic carbocycles. The van der Waals surface area contributed by atoms with Gasteiger partial charge in [-0.15, -0.1) is 21.5 Å². The van der Waals surface area contributed by atoms with E-state index in [4.69, 9.17) is 0 Å². The molecular weight excluding hydrogens is 436 g/mol. The van der Waals surface area contributed by atoms with Crippen LogP contribution in [0.2, 0.25) is 0 Å². The Balaban J connectivity index is 1.45. The molecule has 0 atom stereocenters. The fourth-order valence-electron chi connectivity index (χ4n) is 3.51. The Bertz CT molecular complexity index is 1170. The molecule has 32 heavy (non-hydrogen) atoms. The summed E-state index contributed by atoms with van der Waals surface area (Å²) in [6.45, 7) is 4.83. The number of hydrogen-bond acceptors (Lipinski definition) is 5. The molecule has 0 radical (unpaired) electrons. The van der Waals surface area contributed by atoms with Gasteiger partial charge in [0.15, 0.2) is 5.16 Å². The molecule has 0 aliphatic carbocycles. The van der Waals surface area contributed by atoms with Gasteiger partial charge < -0.3 is 9.88 Å². The van der Waals surface area contributed by atoms with E-state index in [1.807, 2.05) is 32.0 Å². The smallest absolute Gasteiger partial charge is 0.234 e. The topological polar surface area (TPSA) is 59.8 Å². The molecule has 0 bridgehead atoms. The molecule has 0 fully saturated rings. The number of carbonyl (C=O) groups is 1. The summed E-state index contributed by atoms with van der Waals surface area (Å²) in [5.41, 5.74) is 4.37. The molecule has 0 aliphatic heterocycles. The molecule has 0 aliphatic rings. The fraction of sp³-hybridized carbons (Fsp3) is 0.240. The van der Waals surface area contributed by atoms with Crippen LogP contribution in [0.15, 0.2) is 71.2 Å². The minimum atomic E-state index is -0.0423. The summed E-state index contributed by atoms with van der Waals surface area (Å²) in [6, 6.07) is 20.6. The fourth-order valence-corrected chi connectivity index (χ4v) is 4.99. The number of aromatic nitrogens is 3. The predicted octanol–water partition coefficient (Wildman–Crippen LogP) is 5.52. The SMILES string of the molecule is Cc1ccc(NC(=O)CSc2nnc(Cc3cccs3)n2CCc2ccccc2)c(C)c1. The number of hydrogen-bond donors (Lipinski definition) is 1. The lowest BCUT2D eigenvalue weighted by atomic mass is 10.1. The molecule has 2 heterocycles. The van der Waals surface area contributed by atoms with Crippen LogP contribution in [0.25, 0.3) is 0 Å². The van der Waals surface area contributed by atoms with Crippen LogP contribution in [-0.2, 0) is 24.2 Å². The van der Waals surface area contributed by atoms with Crippen LogP contribution in [-0.4, -0.2) is 26.4 Å². The van der Waals surface area contributed by atoms with Gasteiger partial charge in [-0.05, 0) is 48.9 Å². The molecular formula is C25H26N4OS2. The van der Waals surface area contributed by atoms with Gasteiger partial charge in [0.2, 0.25) is 5.91 Å². The van der Waals surface area contributed by atoms with E-state index in [0.29, 0.717) is 0 Å². The number of thioether (sulfide) groups is 1. The van der Waals surface area contributed by atoms with Crippen molar-refractivity contribution in [2.45, 2.75) is 38.4 Å². The maximum atomic E-state index is 12.6. The Hall–Kier alpha value is -2.90. The number of anilines is 1. The summed E-state index contributed by atoms with van der Waals surface area (Å²) < 4.78 is 2.15. The summed E-state index contributed by atoms with van der Waals surface area (Å²) >= 11 is 3.15. The number of aryl methyl sites for hydroxylation is 3. The van der Waals surface area contributed by atoms with E-state index in [-0.39, 0.29) is 11.7 Å². The lowest BCUT2D eigenvalue weighted by molar-refractivity contribution is -0.113. The highest BCUT2D eigenvalue weighted by Gasteiger charge is 2.15. The molecule has 0 spiro atoms. The van der Waals surface area contributed by atoms with Crippen LogP contribution in [0.4, 0.5) is 5.69 Å². The Kier molecular flexibility index (Phi) is 7.39. The standard InChI is InChI=1S/C25H26N4OS2/c1-18-10-11-22(19(2)15-18)26-24(30)17-32-25-28-27-23(16-21-9-6-14-31-21)29(25)13-12-20-7-4-3-5-8-20/h3-11,14-15H,12-13,16-17H2,1-2H3,(H,26,30). The zero-order valence-corrected chi connectivity index (χ0v) is 19.9. The molecule has 7 heteroatoms. The second-order valence-electron chi connectivity index (χ2n) is 7.70. The number of amides is 1. The van der Waals surface area contributed by atoms with Crippen molar-refractivity contribution < 1.29 is 4.79 Å². The van der Waals surface area contributed by atoms with E-state index in [1.54, 1.807) is 11.3 Å². The monoisotopic (exact) mass is 462 g/mol. The van der Waals surface area contributed by atoms with Crippen molar-refractivity contribution in [2.24, 2.45) is 0 Å². The molecule has 0 saturated heterocycles. The van der Waals surface area contributed by atoms with Crippen LogP contribution >= 0.6 is 23.1 Å². The van der Waals surface area contributed by atoms with Gasteiger partial charge in [0.1, 0.15) is 5.82 Å². The molecule has 164 valence electrons. The molecule has 1 amide bonds. The third-order valence-electron chi connectivity index (χ3n) is 5.16. The average Bonchev–Trinajstić information content (AvgIpc) is 3.44. The second kappa shape index (κ2) is 10.6. The summed E-state index contributed by atoms with van der Waals surface area (Å²) in [4.78, 5) is 13.8. The zero-order valence-electron chi connectivity index (χ0n) is 18.2. The van der Waals surface area contributed by atoms with Crippen molar-refractivity contribution in [3.63, 3.8) is 0 Å². The van der Waals surface area contributed by atoms with Crippen molar-refractivity contribution in [1.29, 1.82) is 0 Å². The number of rotatable bonds is 9. The van der Waals surface area contributed by atoms with E-state index in [9.17, 15) is 4.79 Å². The first-order chi connectivity index (χ1) is 15.6. The largest absolute Gasteiger partial charge is 0.325 e. The number of nitrogens with one attached hydrogen (secondary N) is 1. The minimum Gasteiger partial charge on any atom is -0.325 e. The lowest BCUT2D eigenvalue weighted by Crippen LogP contribution is -2.16. The maximum absolute atomic E-state index is 12.6. The van der Waals surface area contributed by atoms with E-state index < -0.39 is 0 Å². The Morgan fingerprint density at radius 3 is 2.66 bits per heavy atom. The van der Waals surface area contributed by atoms with Gasteiger partial charge in [-0.1, -0.05) is 65.9 Å². The van der Waals surface area contributed by atoms with Crippen molar-refractivity contribution in [3.05, 3.63) is 93.4 Å². The Morgan fingerprint density at radius 1 is 1.06 bits per heavy atom. The molecule has 4 aromatic rings. The van der Waals surface area contributed by atoms with Crippen LogP contribution < -0.4 is 5.32 Å². The van der Waals surface area contributed by atoms with Crippen LogP contribution in [0.5, 0.6) is 0 Å². The van der Waals surface area contributed by atoms with Crippen LogP contribution in [0.1, 0.15) is 27.4 Å². The van der Waals surface area contributed by atoms with E-state index in [1.165, 1.54) is 27.8 Å². The van der Waals surface area contributed by atoms with Gasteiger partial charge in [-0.2, -0.15) is 0 Å². The highest BCUT2D eigenvalue weighted by Crippen LogP contribution is 2.22. The van der Waals surface area contributed by atoms with Crippen LogP contribution in [0, 0.1) is 13.8 Å². The van der Waals surface area contributed by atoms with Gasteiger partial charge in [0.25, 0.3) is 0 Å². The average molecular weight is 463 g/mol. The Morgan fingerprint density at radius 2 is 1.91 bits per heavy atom. The van der Waals surface area contributed by atoms with Crippen LogP contribution in [0.3, 0.4) is 0 Å². The lowest BCUT2D eigenvalue weighted by Gasteiger charge is -2.11. The molecule has 1 N–H and O–H groups in total. The molecule has 0 unspecified atom stereocenters. The van der Waals surface area contributed by atoms with Crippen molar-refractivity contribution in [3.8, 4) is 0 Å². The minimum absolute atomic E-state index is 0.0423. The van der Waals surface area contributed by atoms with E-state index in [2.05, 4.69) is 67.9 Å². The van der Waals surface area contributed by atoms with Gasteiger partial charge >= 0.3 is 0 Å². The zero-order chi connectivity index (χ0) is 22.3. The maximum Gasteiger partial charge on any atom is 0.234 e. The molecule has 2 aromatic heterocycles. The molecule has 4 rings (SSSR count). The number of thiophene rings is 1. The van der Waals surface area contributed by atoms with E-state index in [0.717, 1.165) is 41.6 Å². The normalized spacial score (nSPS) is 10.9. The number of carbonyl (C=O) groups excluding carboxylic acids is 1. The summed E-state index contributed by atoms with van der Waals surface area (Å²) in [5, 5.41) is 14.7. The van der Waals surface area contributed by atoms with Gasteiger partial charge in [0, 0.05) is 23.5 Å². The molecule has 5 nitrogen and oxygen atoms in total. The first-order valence-corrected chi connectivity index (χ1v) is 12.4. The molecule has 0 saturated carbocycles. The van der Waals surface area contributed by atoms with Crippen molar-refractivity contribution in [1.82, 2.24) is 14.8 Å². The number of benzene rings is 2. The summed E-state index contributed by atoms with van der Waals surface area (Å²) in [7, 11) is 0. The van der Waals surface area contributed by atoms with Crippen molar-refractivity contribution >= 4 is 34.7 Å². The third kappa shape index (κ3) is 5.87. The number of nitrogens with zero attached hydrogens (tertiary/aromatic N) is 3. The highest BCUT2D eigenvalue weighted by molar-refractivity contribution is 7.99. The second-order valence-corrected chi connectivity index (χ2v) is 9.67. The highest BCUT2D eigenvalue weighted by atomic mass is 32.2. The van der Waals surface area contributed by atoms with Crippen molar-refractivity contribution in [2.75, 3.05) is 11.1 Å². The van der Waals surface area contributed by atoms with Gasteiger partial charge in [-0.25, -0.2) is 0 Å². The van der Waals surface area contributed by atoms with E-state index >= 15 is 0 Å². The summed E-state index contributed by atoms with van der Waals surface area (Å²) in [6.07, 6.45) is 1.63. The van der Waals surface area contributed by atoms with Gasteiger partial charge in [0.05, 0.1) is 5.75 Å². The quantitative estimate of drug-likeness (QED) is 0.333. The Labute approximate surface area is 196 Å². The first-order valence-electron chi connectivity index (χ1n) is 10.6. The predicted molar refractivity (Wildman–Crippen MR) is 133 cm³/mol. The van der Waals surface area contributed by atoms with Gasteiger partial charge in [-0.3, -0.25) is 4.79 Å². The third-order valence-corrected chi connectivity index (χ3v) is 7.00.